The second kappa shape index (κ2) is 18.3. The van der Waals surface area contributed by atoms with Crippen LogP contribution in [0, 0.1) is 11.8 Å². The first-order chi connectivity index (χ1) is 17.4. The van der Waals surface area contributed by atoms with E-state index in [4.69, 9.17) is 10.2 Å². The standard InChI is InChI=1S/C15H16O2.2C8H16O2/c1-15(2,11-3-7-13(16)8-4-11)12-5-9-14(17)10-6-12;2*1-3-5-6-7(4-2)8(9)10/h3-10,16-17H,1-2H3;2*7H,3-6H2,1-2H3,(H,9,10). The smallest absolute Gasteiger partial charge is 0.306 e. The number of rotatable bonds is 12. The number of hydrogen-bond donors (Lipinski definition) is 4. The molecule has 6 nitrogen and oxygen atoms in total. The van der Waals surface area contributed by atoms with E-state index < -0.39 is 11.9 Å². The highest BCUT2D eigenvalue weighted by atomic mass is 16.4. The molecule has 2 unspecified atom stereocenters. The zero-order chi connectivity index (χ0) is 28.4. The summed E-state index contributed by atoms with van der Waals surface area (Å²) in [6.07, 6.45) is 7.43. The fourth-order valence-corrected chi connectivity index (χ4v) is 3.83. The lowest BCUT2D eigenvalue weighted by molar-refractivity contribution is -0.143. The zero-order valence-corrected chi connectivity index (χ0v) is 23.5. The first-order valence-electron chi connectivity index (χ1n) is 13.5. The second-order valence-corrected chi connectivity index (χ2v) is 9.89. The maximum atomic E-state index is 10.4. The number of carboxylic acids is 2. The molecule has 0 radical (unpaired) electrons. The molecule has 0 heterocycles. The van der Waals surface area contributed by atoms with Crippen LogP contribution in [-0.4, -0.2) is 32.4 Å². The highest BCUT2D eigenvalue weighted by Crippen LogP contribution is 2.32. The molecule has 0 saturated heterocycles. The predicted molar refractivity (Wildman–Crippen MR) is 150 cm³/mol. The summed E-state index contributed by atoms with van der Waals surface area (Å²) in [4.78, 5) is 20.9. The van der Waals surface area contributed by atoms with Crippen molar-refractivity contribution < 1.29 is 30.0 Å². The Morgan fingerprint density at radius 3 is 1.16 bits per heavy atom. The van der Waals surface area contributed by atoms with E-state index in [1.54, 1.807) is 24.3 Å². The molecule has 0 bridgehead atoms. The molecule has 2 aromatic rings. The summed E-state index contributed by atoms with van der Waals surface area (Å²) in [5, 5.41) is 35.8. The number of carboxylic acid groups (broad SMARTS) is 2. The largest absolute Gasteiger partial charge is 0.508 e. The molecule has 2 rings (SSSR count). The fourth-order valence-electron chi connectivity index (χ4n) is 3.83. The van der Waals surface area contributed by atoms with Crippen LogP contribution in [0.15, 0.2) is 48.5 Å². The van der Waals surface area contributed by atoms with Crippen molar-refractivity contribution in [1.82, 2.24) is 0 Å². The van der Waals surface area contributed by atoms with Gasteiger partial charge < -0.3 is 20.4 Å². The number of phenols is 2. The predicted octanol–water partition coefficient (Wildman–Crippen LogP) is 8.00. The highest BCUT2D eigenvalue weighted by Gasteiger charge is 2.22. The van der Waals surface area contributed by atoms with E-state index in [1.807, 2.05) is 38.1 Å². The minimum absolute atomic E-state index is 0.111. The third-order valence-electron chi connectivity index (χ3n) is 6.67. The summed E-state index contributed by atoms with van der Waals surface area (Å²) in [6.45, 7) is 12.2. The molecule has 0 aliphatic carbocycles. The van der Waals surface area contributed by atoms with E-state index >= 15 is 0 Å². The highest BCUT2D eigenvalue weighted by molar-refractivity contribution is 5.70. The molecule has 2 atom stereocenters. The molecule has 6 heteroatoms. The Kier molecular flexibility index (Phi) is 16.8. The Morgan fingerprint density at radius 1 is 0.649 bits per heavy atom. The molecule has 4 N–H and O–H groups in total. The van der Waals surface area contributed by atoms with Gasteiger partial charge in [-0.3, -0.25) is 9.59 Å². The number of phenolic OH excluding ortho intramolecular Hbond substituents is 2. The molecule has 2 aromatic carbocycles. The first kappa shape index (κ1) is 34.0. The van der Waals surface area contributed by atoms with Crippen LogP contribution in [0.25, 0.3) is 0 Å². The van der Waals surface area contributed by atoms with Crippen LogP contribution < -0.4 is 0 Å². The summed E-state index contributed by atoms with van der Waals surface area (Å²) in [6, 6.07) is 14.4. The van der Waals surface area contributed by atoms with Gasteiger partial charge in [0.2, 0.25) is 0 Å². The van der Waals surface area contributed by atoms with Crippen molar-refractivity contribution in [2.75, 3.05) is 0 Å². The minimum Gasteiger partial charge on any atom is -0.508 e. The molecule has 0 spiro atoms. The van der Waals surface area contributed by atoms with E-state index in [-0.39, 0.29) is 28.7 Å². The number of benzene rings is 2. The molecule has 0 amide bonds. The van der Waals surface area contributed by atoms with Gasteiger partial charge in [-0.05, 0) is 61.1 Å². The van der Waals surface area contributed by atoms with Gasteiger partial charge in [-0.2, -0.15) is 0 Å². The van der Waals surface area contributed by atoms with Crippen molar-refractivity contribution in [2.45, 2.75) is 98.3 Å². The van der Waals surface area contributed by atoms with Crippen molar-refractivity contribution in [3.63, 3.8) is 0 Å². The molecule has 37 heavy (non-hydrogen) atoms. The number of aliphatic carboxylic acids is 2. The lowest BCUT2D eigenvalue weighted by Crippen LogP contribution is -2.18. The van der Waals surface area contributed by atoms with Gasteiger partial charge in [0.05, 0.1) is 11.8 Å². The molecule has 0 saturated carbocycles. The van der Waals surface area contributed by atoms with E-state index in [9.17, 15) is 19.8 Å². The summed E-state index contributed by atoms with van der Waals surface area (Å²) in [5.74, 6) is -0.961. The van der Waals surface area contributed by atoms with Crippen molar-refractivity contribution >= 4 is 11.9 Å². The van der Waals surface area contributed by atoms with Gasteiger partial charge in [-0.25, -0.2) is 0 Å². The molecule has 0 fully saturated rings. The Balaban J connectivity index is 0.000000564. The van der Waals surface area contributed by atoms with E-state index in [0.29, 0.717) is 0 Å². The molecule has 0 aliphatic rings. The Labute approximate surface area is 223 Å². The third-order valence-corrected chi connectivity index (χ3v) is 6.67. The summed E-state index contributed by atoms with van der Waals surface area (Å²) >= 11 is 0. The van der Waals surface area contributed by atoms with Crippen molar-refractivity contribution in [3.05, 3.63) is 59.7 Å². The number of carbonyl (C=O) groups is 2. The van der Waals surface area contributed by atoms with Gasteiger partial charge in [0, 0.05) is 5.41 Å². The Bertz CT molecular complexity index is 813. The van der Waals surface area contributed by atoms with Crippen LogP contribution in [0.5, 0.6) is 11.5 Å². The lowest BCUT2D eigenvalue weighted by atomic mass is 9.78. The van der Waals surface area contributed by atoms with Gasteiger partial charge in [0.15, 0.2) is 0 Å². The van der Waals surface area contributed by atoms with E-state index in [0.717, 1.165) is 62.5 Å². The van der Waals surface area contributed by atoms with Crippen molar-refractivity contribution in [3.8, 4) is 11.5 Å². The molecular formula is C31H48O6. The normalized spacial score (nSPS) is 12.3. The lowest BCUT2D eigenvalue weighted by Gasteiger charge is -2.26. The van der Waals surface area contributed by atoms with E-state index in [2.05, 4.69) is 27.7 Å². The Hall–Kier alpha value is -3.02. The molecule has 208 valence electrons. The summed E-state index contributed by atoms with van der Waals surface area (Å²) in [7, 11) is 0. The molecular weight excluding hydrogens is 468 g/mol. The van der Waals surface area contributed by atoms with E-state index in [1.165, 1.54) is 0 Å². The third kappa shape index (κ3) is 13.2. The van der Waals surface area contributed by atoms with Gasteiger partial charge in [0.25, 0.3) is 0 Å². The number of unbranched alkanes of at least 4 members (excludes halogenated alkanes) is 2. The van der Waals surface area contributed by atoms with Crippen LogP contribution in [0.2, 0.25) is 0 Å². The van der Waals surface area contributed by atoms with Crippen LogP contribution in [-0.2, 0) is 15.0 Å². The number of aromatic hydroxyl groups is 2. The van der Waals surface area contributed by atoms with Crippen LogP contribution in [0.1, 0.15) is 104 Å². The zero-order valence-electron chi connectivity index (χ0n) is 23.5. The number of hydrogen-bond acceptors (Lipinski definition) is 4. The summed E-state index contributed by atoms with van der Waals surface area (Å²) in [5.41, 5.74) is 2.10. The fraction of sp³-hybridized carbons (Fsp3) is 0.548. The molecule has 0 aromatic heterocycles. The van der Waals surface area contributed by atoms with Crippen molar-refractivity contribution in [1.29, 1.82) is 0 Å². The Morgan fingerprint density at radius 2 is 0.946 bits per heavy atom. The average Bonchev–Trinajstić information content (AvgIpc) is 2.86. The topological polar surface area (TPSA) is 115 Å². The summed E-state index contributed by atoms with van der Waals surface area (Å²) < 4.78 is 0. The average molecular weight is 517 g/mol. The van der Waals surface area contributed by atoms with Gasteiger partial charge >= 0.3 is 11.9 Å². The maximum absolute atomic E-state index is 10.4. The monoisotopic (exact) mass is 516 g/mol. The SMILES string of the molecule is CC(C)(c1ccc(O)cc1)c1ccc(O)cc1.CCCCC(CC)C(=O)O.CCCCC(CC)C(=O)O. The maximum Gasteiger partial charge on any atom is 0.306 e. The quantitative estimate of drug-likeness (QED) is 0.227. The molecule has 0 aliphatic heterocycles. The van der Waals surface area contributed by atoms with Crippen LogP contribution in [0.3, 0.4) is 0 Å². The second-order valence-electron chi connectivity index (χ2n) is 9.89. The van der Waals surface area contributed by atoms with Crippen LogP contribution >= 0.6 is 0 Å². The van der Waals surface area contributed by atoms with Gasteiger partial charge in [-0.15, -0.1) is 0 Å². The van der Waals surface area contributed by atoms with Gasteiger partial charge in [0.1, 0.15) is 11.5 Å². The van der Waals surface area contributed by atoms with Gasteiger partial charge in [-0.1, -0.05) is 91.5 Å². The minimum atomic E-state index is -0.643. The van der Waals surface area contributed by atoms with Crippen LogP contribution in [0.4, 0.5) is 0 Å². The first-order valence-corrected chi connectivity index (χ1v) is 13.5. The van der Waals surface area contributed by atoms with Crippen molar-refractivity contribution in [2.24, 2.45) is 11.8 Å².